The molecule has 0 aliphatic rings. The van der Waals surface area contributed by atoms with E-state index in [1.165, 1.54) is 44.9 Å². The average Bonchev–Trinajstić information content (AvgIpc) is 3.23. The minimum Gasteiger partial charge on any atom is -0.462 e. The van der Waals surface area contributed by atoms with Crippen LogP contribution >= 0.6 is 15.6 Å². The lowest BCUT2D eigenvalue weighted by Crippen LogP contribution is -2.29. The van der Waals surface area contributed by atoms with Gasteiger partial charge in [-0.1, -0.05) is 150 Å². The molecule has 4 atom stereocenters. The molecule has 16 heteroatoms. The molecule has 5 N–H and O–H groups in total. The Balaban J connectivity index is 4.70. The fourth-order valence-electron chi connectivity index (χ4n) is 5.45. The first-order valence-corrected chi connectivity index (χ1v) is 25.4. The number of rotatable bonds is 41. The minimum absolute atomic E-state index is 0.0217. The second-order valence-electron chi connectivity index (χ2n) is 14.8. The lowest BCUT2D eigenvalue weighted by atomic mass is 10.1. The van der Waals surface area contributed by atoms with Crippen LogP contribution in [0, 0.1) is 0 Å². The molecule has 0 spiro atoms. The molecule has 0 aromatic heterocycles. The van der Waals surface area contributed by atoms with E-state index in [0.717, 1.165) is 44.9 Å². The minimum atomic E-state index is -4.88. The van der Waals surface area contributed by atoms with Crippen LogP contribution in [0.4, 0.5) is 0 Å². The normalized spacial score (nSPS) is 15.3. The van der Waals surface area contributed by atoms with Crippen molar-refractivity contribution >= 4 is 27.6 Å². The zero-order valence-corrected chi connectivity index (χ0v) is 39.1. The number of carbonyl (C=O) groups is 2. The fourth-order valence-corrected chi connectivity index (χ4v) is 6.61. The quantitative estimate of drug-likeness (QED) is 0.0127. The van der Waals surface area contributed by atoms with Crippen LogP contribution in [0.1, 0.15) is 149 Å². The van der Waals surface area contributed by atoms with Crippen LogP contribution in [0.15, 0.2) is 85.1 Å². The van der Waals surface area contributed by atoms with Crippen LogP contribution in [0.3, 0.4) is 0 Å². The van der Waals surface area contributed by atoms with Crippen LogP contribution in [-0.4, -0.2) is 81.6 Å². The summed E-state index contributed by atoms with van der Waals surface area (Å²) >= 11 is 0. The second-order valence-corrected chi connectivity index (χ2v) is 17.5. The van der Waals surface area contributed by atoms with Crippen LogP contribution < -0.4 is 0 Å². The first-order valence-electron chi connectivity index (χ1n) is 22.4. The molecule has 0 aliphatic heterocycles. The molecule has 356 valence electrons. The fraction of sp³-hybridized carbons (Fsp3) is 0.652. The molecule has 0 saturated heterocycles. The van der Waals surface area contributed by atoms with Gasteiger partial charge in [-0.05, 0) is 70.6 Å². The van der Waals surface area contributed by atoms with Crippen molar-refractivity contribution in [3.63, 3.8) is 0 Å². The van der Waals surface area contributed by atoms with E-state index in [2.05, 4.69) is 47.2 Å². The number of aliphatic hydroxyl groups excluding tert-OH is 2. The van der Waals surface area contributed by atoms with Gasteiger partial charge in [0.25, 0.3) is 0 Å². The van der Waals surface area contributed by atoms with Crippen LogP contribution in [0.5, 0.6) is 0 Å². The number of hydrogen-bond acceptors (Lipinski definition) is 11. The lowest BCUT2D eigenvalue weighted by Gasteiger charge is -2.20. The number of esters is 2. The summed E-state index contributed by atoms with van der Waals surface area (Å²) in [6.45, 7) is 1.45. The number of allylic oxidation sites excluding steroid dienone is 12. The summed E-state index contributed by atoms with van der Waals surface area (Å²) < 4.78 is 47.7. The molecule has 62 heavy (non-hydrogen) atoms. The van der Waals surface area contributed by atoms with Gasteiger partial charge in [0.2, 0.25) is 0 Å². The van der Waals surface area contributed by atoms with Crippen LogP contribution in [0.2, 0.25) is 0 Å². The van der Waals surface area contributed by atoms with Gasteiger partial charge in [0.15, 0.2) is 6.10 Å². The molecule has 0 rings (SSSR count). The molecule has 2 unspecified atom stereocenters. The van der Waals surface area contributed by atoms with E-state index in [4.69, 9.17) is 23.8 Å². The van der Waals surface area contributed by atoms with Crippen molar-refractivity contribution in [1.82, 2.24) is 0 Å². The summed E-state index contributed by atoms with van der Waals surface area (Å²) in [6.07, 6.45) is 43.3. The molecular formula is C46H78O14P2. The Labute approximate surface area is 371 Å². The lowest BCUT2D eigenvalue weighted by molar-refractivity contribution is -0.161. The van der Waals surface area contributed by atoms with E-state index in [-0.39, 0.29) is 12.8 Å². The van der Waals surface area contributed by atoms with Gasteiger partial charge in [-0.15, -0.1) is 0 Å². The van der Waals surface area contributed by atoms with Gasteiger partial charge in [0.05, 0.1) is 25.9 Å². The van der Waals surface area contributed by atoms with Crippen molar-refractivity contribution in [2.75, 3.05) is 26.4 Å². The van der Waals surface area contributed by atoms with Gasteiger partial charge in [0, 0.05) is 12.8 Å². The summed E-state index contributed by atoms with van der Waals surface area (Å²) in [5.74, 6) is -1.17. The Bertz CT molecular complexity index is 1430. The van der Waals surface area contributed by atoms with E-state index >= 15 is 0 Å². The number of hydrogen-bond donors (Lipinski definition) is 5. The predicted molar refractivity (Wildman–Crippen MR) is 245 cm³/mol. The molecule has 0 fully saturated rings. The van der Waals surface area contributed by atoms with Crippen molar-refractivity contribution in [3.8, 4) is 0 Å². The number of unbranched alkanes of at least 4 members (excludes halogenated alkanes) is 11. The Morgan fingerprint density at radius 3 is 1.76 bits per heavy atom. The third-order valence-electron chi connectivity index (χ3n) is 8.85. The Hall–Kier alpha value is -2.74. The van der Waals surface area contributed by atoms with Crippen LogP contribution in [-0.2, 0) is 41.8 Å². The molecule has 14 nitrogen and oxygen atoms in total. The standard InChI is InChI=1S/C46H78O14P2/c1-3-5-7-9-11-12-13-14-15-16-17-21-24-28-32-36-45(49)56-40-44(41-59-62(54,55)58-39-43(48)38-57-61(51,52)53)60-46(50)37-33-29-25-22-19-18-20-23-27-31-35-42(47)34-30-26-10-8-6-4-2/h6,8,12-13,18-19,23,25-27,29-31,35,42-44,47-48H,3-5,7,9-11,14-17,20-22,24,28,32-34,36-41H2,1-2H3,(H,54,55)(H2,51,52,53)/b8-6-,13-12-,19-18-,27-23-,29-25-,30-26-,35-31+/t42?,43-,44+/m0/s1. The molecule has 0 radical (unpaired) electrons. The first-order chi connectivity index (χ1) is 29.8. The zero-order valence-electron chi connectivity index (χ0n) is 37.3. The van der Waals surface area contributed by atoms with Crippen LogP contribution in [0.25, 0.3) is 0 Å². The largest absolute Gasteiger partial charge is 0.472 e. The number of ether oxygens (including phenoxy) is 2. The van der Waals surface area contributed by atoms with Gasteiger partial charge in [-0.3, -0.25) is 23.2 Å². The van der Waals surface area contributed by atoms with E-state index in [1.807, 2.05) is 54.7 Å². The van der Waals surface area contributed by atoms with Crippen molar-refractivity contribution in [2.24, 2.45) is 0 Å². The molecule has 0 heterocycles. The topological polar surface area (TPSA) is 216 Å². The van der Waals surface area contributed by atoms with E-state index < -0.39 is 72.3 Å². The van der Waals surface area contributed by atoms with Crippen molar-refractivity contribution < 1.29 is 66.7 Å². The third kappa shape index (κ3) is 43.9. The summed E-state index contributed by atoms with van der Waals surface area (Å²) in [7, 11) is -9.73. The number of carbonyl (C=O) groups excluding carboxylic acids is 2. The molecule has 0 aliphatic carbocycles. The average molecular weight is 917 g/mol. The maximum Gasteiger partial charge on any atom is 0.472 e. The Morgan fingerprint density at radius 1 is 0.548 bits per heavy atom. The summed E-state index contributed by atoms with van der Waals surface area (Å²) in [4.78, 5) is 52.7. The highest BCUT2D eigenvalue weighted by Gasteiger charge is 2.28. The van der Waals surface area contributed by atoms with Crippen molar-refractivity contribution in [1.29, 1.82) is 0 Å². The molecule has 0 aromatic rings. The van der Waals surface area contributed by atoms with E-state index in [0.29, 0.717) is 32.1 Å². The predicted octanol–water partition coefficient (Wildman–Crippen LogP) is 10.5. The summed E-state index contributed by atoms with van der Waals surface area (Å²) in [5, 5.41) is 19.8. The number of aliphatic hydroxyl groups is 2. The maximum atomic E-state index is 12.6. The summed E-state index contributed by atoms with van der Waals surface area (Å²) in [6, 6.07) is 0. The van der Waals surface area contributed by atoms with Crippen molar-refractivity contribution in [3.05, 3.63) is 85.1 Å². The van der Waals surface area contributed by atoms with Gasteiger partial charge in [0.1, 0.15) is 12.7 Å². The van der Waals surface area contributed by atoms with Crippen molar-refractivity contribution in [2.45, 2.75) is 167 Å². The highest BCUT2D eigenvalue weighted by molar-refractivity contribution is 7.47. The maximum absolute atomic E-state index is 12.6. The third-order valence-corrected chi connectivity index (χ3v) is 10.3. The van der Waals surface area contributed by atoms with E-state index in [9.17, 15) is 33.8 Å². The molecule has 0 saturated carbocycles. The molecule has 0 aromatic carbocycles. The molecular weight excluding hydrogens is 838 g/mol. The highest BCUT2D eigenvalue weighted by atomic mass is 31.2. The monoisotopic (exact) mass is 916 g/mol. The summed E-state index contributed by atoms with van der Waals surface area (Å²) in [5.41, 5.74) is 0. The second kappa shape index (κ2) is 41.0. The smallest absolute Gasteiger partial charge is 0.462 e. The van der Waals surface area contributed by atoms with Gasteiger partial charge < -0.3 is 34.4 Å². The first kappa shape index (κ1) is 59.3. The highest BCUT2D eigenvalue weighted by Crippen LogP contribution is 2.43. The SMILES string of the molecule is CC/C=C\C/C=C\CC(O)/C=C/C=C\C/C=C\C/C=C\CCC(=O)O[C@H](COC(=O)CCCCCCCCC/C=C\CCCCCC)COP(=O)(O)OC[C@@H](O)COP(=O)(O)O. The van der Waals surface area contributed by atoms with Gasteiger partial charge in [-0.2, -0.15) is 0 Å². The zero-order chi connectivity index (χ0) is 46.0. The molecule has 0 amide bonds. The van der Waals surface area contributed by atoms with E-state index in [1.54, 1.807) is 6.08 Å². The Kier molecular flexibility index (Phi) is 39.2. The molecule has 0 bridgehead atoms. The number of phosphoric ester groups is 2. The van der Waals surface area contributed by atoms with Gasteiger partial charge in [-0.25, -0.2) is 9.13 Å². The Morgan fingerprint density at radius 2 is 1.10 bits per heavy atom. The van der Waals surface area contributed by atoms with Gasteiger partial charge >= 0.3 is 27.6 Å². The number of phosphoric acid groups is 2.